The first-order chi connectivity index (χ1) is 8.70. The first-order valence-electron chi connectivity index (χ1n) is 5.03. The van der Waals surface area contributed by atoms with E-state index in [2.05, 4.69) is 37.0 Å². The molecule has 0 bridgehead atoms. The number of carbonyl (C=O) groups is 1. The Morgan fingerprint density at radius 2 is 2.00 bits per heavy atom. The summed E-state index contributed by atoms with van der Waals surface area (Å²) in [6.07, 6.45) is 0.181. The highest BCUT2D eigenvalue weighted by atomic mass is 79.9. The lowest BCUT2D eigenvalue weighted by atomic mass is 10.3. The van der Waals surface area contributed by atoms with Crippen molar-refractivity contribution in [3.63, 3.8) is 0 Å². The molecule has 1 aromatic carbocycles. The van der Waals surface area contributed by atoms with Crippen LogP contribution >= 0.6 is 31.9 Å². The summed E-state index contributed by atoms with van der Waals surface area (Å²) < 4.78 is 32.3. The first-order valence-corrected chi connectivity index (χ1v) is 8.06. The topological polar surface area (TPSA) is 87.0 Å². The molecule has 0 saturated carbocycles. The highest BCUT2D eigenvalue weighted by Crippen LogP contribution is 2.37. The normalized spacial score (nSPS) is 15.9. The number of amides is 1. The van der Waals surface area contributed by atoms with Crippen LogP contribution in [-0.2, 0) is 14.9 Å². The van der Waals surface area contributed by atoms with Crippen molar-refractivity contribution in [2.75, 3.05) is 5.01 Å². The van der Waals surface area contributed by atoms with E-state index in [-0.39, 0.29) is 22.9 Å². The van der Waals surface area contributed by atoms with Crippen molar-refractivity contribution in [1.82, 2.24) is 0 Å². The molecule has 1 amide bonds. The Bertz CT molecular complexity index is 700. The number of carbonyl (C=O) groups excluding carboxylic acids is 1. The average molecular weight is 412 g/mol. The van der Waals surface area contributed by atoms with Crippen LogP contribution in [0.25, 0.3) is 0 Å². The van der Waals surface area contributed by atoms with Gasteiger partial charge in [-0.3, -0.25) is 9.35 Å². The summed E-state index contributed by atoms with van der Waals surface area (Å²) in [5.74, 6) is -0.266. The van der Waals surface area contributed by atoms with E-state index in [0.29, 0.717) is 14.7 Å². The van der Waals surface area contributed by atoms with Gasteiger partial charge in [-0.1, -0.05) is 0 Å². The lowest BCUT2D eigenvalue weighted by Crippen LogP contribution is -2.20. The van der Waals surface area contributed by atoms with Crippen molar-refractivity contribution in [2.45, 2.75) is 18.2 Å². The number of anilines is 1. The zero-order valence-electron chi connectivity index (χ0n) is 9.59. The lowest BCUT2D eigenvalue weighted by molar-refractivity contribution is -0.116. The minimum atomic E-state index is -4.36. The van der Waals surface area contributed by atoms with Gasteiger partial charge in [0.05, 0.1) is 21.5 Å². The SMILES string of the molecule is CC1=NN(c2cc(S(=O)(=O)O)cc(Br)c2Br)C(=O)C1. The monoisotopic (exact) mass is 410 g/mol. The van der Waals surface area contributed by atoms with Gasteiger partial charge in [0, 0.05) is 10.2 Å². The fourth-order valence-electron chi connectivity index (χ4n) is 1.60. The molecule has 1 aliphatic rings. The van der Waals surface area contributed by atoms with Crippen LogP contribution in [0.1, 0.15) is 13.3 Å². The minimum absolute atomic E-state index is 0.181. The molecule has 1 N–H and O–H groups in total. The van der Waals surface area contributed by atoms with Crippen molar-refractivity contribution in [2.24, 2.45) is 5.10 Å². The summed E-state index contributed by atoms with van der Waals surface area (Å²) in [7, 11) is -4.36. The number of nitrogens with zero attached hydrogens (tertiary/aromatic N) is 2. The van der Waals surface area contributed by atoms with Crippen LogP contribution < -0.4 is 5.01 Å². The zero-order chi connectivity index (χ0) is 14.4. The van der Waals surface area contributed by atoms with Gasteiger partial charge in [-0.05, 0) is 50.9 Å². The van der Waals surface area contributed by atoms with Crippen LogP contribution in [0.2, 0.25) is 0 Å². The van der Waals surface area contributed by atoms with Gasteiger partial charge in [0.2, 0.25) is 0 Å². The average Bonchev–Trinajstić information content (AvgIpc) is 2.60. The third-order valence-electron chi connectivity index (χ3n) is 2.42. The third-order valence-corrected chi connectivity index (χ3v) is 5.24. The molecule has 0 unspecified atom stereocenters. The standard InChI is InChI=1S/C10H8Br2N2O4S/c1-5-2-9(15)14(13-5)8-4-6(19(16,17)18)3-7(11)10(8)12/h3-4H,2H2,1H3,(H,16,17,18). The van der Waals surface area contributed by atoms with Gasteiger partial charge in [-0.2, -0.15) is 18.5 Å². The Morgan fingerprint density at radius 1 is 1.37 bits per heavy atom. The minimum Gasteiger partial charge on any atom is -0.282 e. The van der Waals surface area contributed by atoms with Crippen LogP contribution in [0.15, 0.2) is 31.1 Å². The zero-order valence-corrected chi connectivity index (χ0v) is 13.6. The molecule has 0 saturated heterocycles. The van der Waals surface area contributed by atoms with Crippen LogP contribution in [-0.4, -0.2) is 24.6 Å². The van der Waals surface area contributed by atoms with E-state index < -0.39 is 10.1 Å². The number of hydrazone groups is 1. The quantitative estimate of drug-likeness (QED) is 0.757. The first kappa shape index (κ1) is 14.6. The molecule has 1 aromatic rings. The molecule has 2 rings (SSSR count). The Morgan fingerprint density at radius 3 is 2.47 bits per heavy atom. The predicted octanol–water partition coefficient (Wildman–Crippen LogP) is 2.57. The predicted molar refractivity (Wildman–Crippen MR) is 76.9 cm³/mol. The molecular formula is C10H8Br2N2O4S. The molecule has 0 atom stereocenters. The van der Waals surface area contributed by atoms with Crippen LogP contribution in [0.3, 0.4) is 0 Å². The summed E-state index contributed by atoms with van der Waals surface area (Å²) in [6, 6.07) is 2.42. The molecular weight excluding hydrogens is 404 g/mol. The molecule has 1 aliphatic heterocycles. The fourth-order valence-corrected chi connectivity index (χ4v) is 3.12. The Balaban J connectivity index is 2.64. The van der Waals surface area contributed by atoms with E-state index in [1.807, 2.05) is 0 Å². The van der Waals surface area contributed by atoms with Crippen LogP contribution in [0, 0.1) is 0 Å². The summed E-state index contributed by atoms with van der Waals surface area (Å²) in [6.45, 7) is 1.70. The highest BCUT2D eigenvalue weighted by Gasteiger charge is 2.27. The molecule has 0 aromatic heterocycles. The largest absolute Gasteiger partial charge is 0.294 e. The number of benzene rings is 1. The van der Waals surface area contributed by atoms with Crippen LogP contribution in [0.5, 0.6) is 0 Å². The van der Waals surface area contributed by atoms with Gasteiger partial charge >= 0.3 is 0 Å². The van der Waals surface area contributed by atoms with Gasteiger partial charge in [-0.15, -0.1) is 0 Å². The molecule has 102 valence electrons. The molecule has 0 fully saturated rings. The Labute approximate surface area is 126 Å². The van der Waals surface area contributed by atoms with Gasteiger partial charge in [0.15, 0.2) is 0 Å². The van der Waals surface area contributed by atoms with Crippen molar-refractivity contribution in [3.8, 4) is 0 Å². The summed E-state index contributed by atoms with van der Waals surface area (Å²) >= 11 is 6.41. The maximum atomic E-state index is 11.8. The maximum absolute atomic E-state index is 11.8. The maximum Gasteiger partial charge on any atom is 0.294 e. The third kappa shape index (κ3) is 2.88. The lowest BCUT2D eigenvalue weighted by Gasteiger charge is -2.15. The molecule has 0 radical (unpaired) electrons. The van der Waals surface area contributed by atoms with E-state index in [1.165, 1.54) is 12.1 Å². The second-order valence-corrected chi connectivity index (χ2v) is 7.00. The van der Waals surface area contributed by atoms with Gasteiger partial charge < -0.3 is 0 Å². The second-order valence-electron chi connectivity index (χ2n) is 3.93. The van der Waals surface area contributed by atoms with E-state index in [9.17, 15) is 13.2 Å². The summed E-state index contributed by atoms with van der Waals surface area (Å²) in [4.78, 5) is 11.5. The molecule has 9 heteroatoms. The molecule has 0 aliphatic carbocycles. The van der Waals surface area contributed by atoms with Crippen LogP contribution in [0.4, 0.5) is 5.69 Å². The van der Waals surface area contributed by atoms with Crippen molar-refractivity contribution >= 4 is 59.3 Å². The number of halogens is 2. The second kappa shape index (κ2) is 4.97. The van der Waals surface area contributed by atoms with Gasteiger partial charge in [0.25, 0.3) is 16.0 Å². The summed E-state index contributed by atoms with van der Waals surface area (Å²) in [5, 5.41) is 5.15. The van der Waals surface area contributed by atoms with Gasteiger partial charge in [-0.25, -0.2) is 0 Å². The summed E-state index contributed by atoms with van der Waals surface area (Å²) in [5.41, 5.74) is 0.883. The van der Waals surface area contributed by atoms with Crippen molar-refractivity contribution in [3.05, 3.63) is 21.1 Å². The highest BCUT2D eigenvalue weighted by molar-refractivity contribution is 9.13. The van der Waals surface area contributed by atoms with E-state index in [0.717, 1.165) is 5.01 Å². The molecule has 6 nitrogen and oxygen atoms in total. The fraction of sp³-hybridized carbons (Fsp3) is 0.200. The van der Waals surface area contributed by atoms with E-state index >= 15 is 0 Å². The van der Waals surface area contributed by atoms with E-state index in [4.69, 9.17) is 4.55 Å². The Hall–Kier alpha value is -0.770. The Kier molecular flexibility index (Phi) is 3.83. The number of rotatable bonds is 2. The van der Waals surface area contributed by atoms with Gasteiger partial charge in [0.1, 0.15) is 0 Å². The molecule has 1 heterocycles. The smallest absolute Gasteiger partial charge is 0.282 e. The van der Waals surface area contributed by atoms with Crippen molar-refractivity contribution in [1.29, 1.82) is 0 Å². The van der Waals surface area contributed by atoms with Crippen molar-refractivity contribution < 1.29 is 17.8 Å². The molecule has 19 heavy (non-hydrogen) atoms. The number of hydrogen-bond donors (Lipinski definition) is 1. The number of hydrogen-bond acceptors (Lipinski definition) is 4. The van der Waals surface area contributed by atoms with E-state index in [1.54, 1.807) is 6.92 Å². The molecule has 0 spiro atoms.